The summed E-state index contributed by atoms with van der Waals surface area (Å²) in [4.78, 5) is 0. The van der Waals surface area contributed by atoms with Crippen molar-refractivity contribution in [3.05, 3.63) is 0 Å². The van der Waals surface area contributed by atoms with Crippen molar-refractivity contribution < 1.29 is 5.11 Å². The van der Waals surface area contributed by atoms with Gasteiger partial charge >= 0.3 is 0 Å². The van der Waals surface area contributed by atoms with Gasteiger partial charge in [0.05, 0.1) is 5.60 Å². The molecular weight excluding hydrogens is 168 g/mol. The van der Waals surface area contributed by atoms with Crippen LogP contribution >= 0.6 is 11.8 Å². The average Bonchev–Trinajstić information content (AvgIpc) is 2.07. The smallest absolute Gasteiger partial charge is 0.0763 e. The molecule has 0 aromatic carbocycles. The van der Waals surface area contributed by atoms with Crippen molar-refractivity contribution in [2.75, 3.05) is 5.75 Å². The maximum Gasteiger partial charge on any atom is 0.0763 e. The van der Waals surface area contributed by atoms with Gasteiger partial charge < -0.3 is 5.11 Å². The molecule has 0 aliphatic carbocycles. The SMILES string of the molecule is CCCCC1(O)CCCSC1C. The zero-order valence-electron chi connectivity index (χ0n) is 8.18. The molecule has 1 aliphatic rings. The largest absolute Gasteiger partial charge is 0.389 e. The van der Waals surface area contributed by atoms with Crippen molar-refractivity contribution in [2.24, 2.45) is 0 Å². The molecule has 72 valence electrons. The molecule has 1 fully saturated rings. The Balaban J connectivity index is 2.42. The van der Waals surface area contributed by atoms with Gasteiger partial charge in [0.25, 0.3) is 0 Å². The second-order valence-corrected chi connectivity index (χ2v) is 5.27. The first-order chi connectivity index (χ1) is 5.69. The fourth-order valence-corrected chi connectivity index (χ4v) is 3.02. The zero-order valence-corrected chi connectivity index (χ0v) is 8.99. The highest BCUT2D eigenvalue weighted by atomic mass is 32.2. The minimum atomic E-state index is -0.348. The van der Waals surface area contributed by atoms with Crippen LogP contribution in [0.4, 0.5) is 0 Å². The molecule has 1 N–H and O–H groups in total. The Kier molecular flexibility index (Phi) is 3.91. The van der Waals surface area contributed by atoms with Gasteiger partial charge in [0, 0.05) is 5.25 Å². The number of unbranched alkanes of at least 4 members (excludes halogenated alkanes) is 1. The third-order valence-corrected chi connectivity index (χ3v) is 4.30. The van der Waals surface area contributed by atoms with Crippen molar-refractivity contribution in [3.8, 4) is 0 Å². The van der Waals surface area contributed by atoms with Crippen LogP contribution in [-0.4, -0.2) is 21.7 Å². The molecule has 1 nitrogen and oxygen atoms in total. The van der Waals surface area contributed by atoms with Gasteiger partial charge in [-0.1, -0.05) is 26.7 Å². The van der Waals surface area contributed by atoms with Crippen LogP contribution in [0.1, 0.15) is 46.0 Å². The topological polar surface area (TPSA) is 20.2 Å². The van der Waals surface area contributed by atoms with Crippen LogP contribution in [-0.2, 0) is 0 Å². The monoisotopic (exact) mass is 188 g/mol. The maximum absolute atomic E-state index is 10.3. The summed E-state index contributed by atoms with van der Waals surface area (Å²) >= 11 is 1.93. The van der Waals surface area contributed by atoms with E-state index in [1.54, 1.807) is 0 Å². The van der Waals surface area contributed by atoms with E-state index in [2.05, 4.69) is 13.8 Å². The highest BCUT2D eigenvalue weighted by Crippen LogP contribution is 2.37. The first-order valence-electron chi connectivity index (χ1n) is 5.03. The molecule has 0 bridgehead atoms. The van der Waals surface area contributed by atoms with Gasteiger partial charge in [-0.15, -0.1) is 0 Å². The molecule has 0 spiro atoms. The molecule has 1 heterocycles. The molecular formula is C10H20OS. The van der Waals surface area contributed by atoms with E-state index in [1.807, 2.05) is 11.8 Å². The third-order valence-electron chi connectivity index (χ3n) is 2.84. The molecule has 2 heteroatoms. The Bertz CT molecular complexity index is 138. The minimum Gasteiger partial charge on any atom is -0.389 e. The molecule has 0 amide bonds. The van der Waals surface area contributed by atoms with E-state index < -0.39 is 0 Å². The number of hydrogen-bond donors (Lipinski definition) is 1. The van der Waals surface area contributed by atoms with E-state index in [0.29, 0.717) is 5.25 Å². The fourth-order valence-electron chi connectivity index (χ4n) is 1.81. The summed E-state index contributed by atoms with van der Waals surface area (Å²) < 4.78 is 0. The molecule has 0 aromatic rings. The molecule has 2 unspecified atom stereocenters. The average molecular weight is 188 g/mol. The lowest BCUT2D eigenvalue weighted by Crippen LogP contribution is -2.41. The molecule has 0 aromatic heterocycles. The third kappa shape index (κ3) is 2.40. The van der Waals surface area contributed by atoms with Gasteiger partial charge in [-0.3, -0.25) is 0 Å². The minimum absolute atomic E-state index is 0.348. The quantitative estimate of drug-likeness (QED) is 0.735. The Morgan fingerprint density at radius 3 is 2.92 bits per heavy atom. The first kappa shape index (κ1) is 10.4. The van der Waals surface area contributed by atoms with Gasteiger partial charge in [-0.2, -0.15) is 11.8 Å². The highest BCUT2D eigenvalue weighted by Gasteiger charge is 2.35. The van der Waals surface area contributed by atoms with E-state index >= 15 is 0 Å². The van der Waals surface area contributed by atoms with Crippen molar-refractivity contribution in [2.45, 2.75) is 56.8 Å². The lowest BCUT2D eigenvalue weighted by Gasteiger charge is -2.37. The fraction of sp³-hybridized carbons (Fsp3) is 1.00. The highest BCUT2D eigenvalue weighted by molar-refractivity contribution is 8.00. The van der Waals surface area contributed by atoms with Crippen LogP contribution in [0, 0.1) is 0 Å². The molecule has 1 saturated heterocycles. The summed E-state index contributed by atoms with van der Waals surface area (Å²) in [5, 5.41) is 10.7. The normalized spacial score (nSPS) is 36.8. The Morgan fingerprint density at radius 1 is 1.58 bits per heavy atom. The summed E-state index contributed by atoms with van der Waals surface area (Å²) in [6.45, 7) is 4.35. The van der Waals surface area contributed by atoms with Crippen LogP contribution in [0.15, 0.2) is 0 Å². The van der Waals surface area contributed by atoms with Crippen molar-refractivity contribution in [1.82, 2.24) is 0 Å². The summed E-state index contributed by atoms with van der Waals surface area (Å²) in [5.74, 6) is 1.23. The number of rotatable bonds is 3. The molecule has 0 saturated carbocycles. The standard InChI is InChI=1S/C10H20OS/c1-3-4-6-10(11)7-5-8-12-9(10)2/h9,11H,3-8H2,1-2H3. The van der Waals surface area contributed by atoms with Gasteiger partial charge in [0.2, 0.25) is 0 Å². The first-order valence-corrected chi connectivity index (χ1v) is 6.08. The van der Waals surface area contributed by atoms with Crippen molar-refractivity contribution in [1.29, 1.82) is 0 Å². The van der Waals surface area contributed by atoms with Crippen LogP contribution in [0.3, 0.4) is 0 Å². The van der Waals surface area contributed by atoms with Gasteiger partial charge in [-0.25, -0.2) is 0 Å². The molecule has 2 atom stereocenters. The van der Waals surface area contributed by atoms with Crippen molar-refractivity contribution in [3.63, 3.8) is 0 Å². The van der Waals surface area contributed by atoms with Gasteiger partial charge in [0.15, 0.2) is 0 Å². The van der Waals surface area contributed by atoms with E-state index in [-0.39, 0.29) is 5.60 Å². The Hall–Kier alpha value is 0.310. The number of thioether (sulfide) groups is 1. The second kappa shape index (κ2) is 4.52. The summed E-state index contributed by atoms with van der Waals surface area (Å²) in [5.41, 5.74) is -0.348. The lowest BCUT2D eigenvalue weighted by molar-refractivity contribution is 0.0189. The summed E-state index contributed by atoms with van der Waals surface area (Å²) in [6.07, 6.45) is 5.56. The Morgan fingerprint density at radius 2 is 2.33 bits per heavy atom. The predicted molar refractivity (Wildman–Crippen MR) is 55.6 cm³/mol. The van der Waals surface area contributed by atoms with E-state index in [4.69, 9.17) is 0 Å². The lowest BCUT2D eigenvalue weighted by atomic mass is 9.88. The zero-order chi connectivity index (χ0) is 9.03. The molecule has 1 rings (SSSR count). The predicted octanol–water partition coefficient (Wildman–Crippen LogP) is 2.82. The van der Waals surface area contributed by atoms with E-state index in [0.717, 1.165) is 12.8 Å². The van der Waals surface area contributed by atoms with Crippen LogP contribution in [0.2, 0.25) is 0 Å². The number of aliphatic hydroxyl groups is 1. The van der Waals surface area contributed by atoms with Crippen LogP contribution in [0.25, 0.3) is 0 Å². The van der Waals surface area contributed by atoms with Gasteiger partial charge in [0.1, 0.15) is 0 Å². The second-order valence-electron chi connectivity index (χ2n) is 3.82. The molecule has 0 radical (unpaired) electrons. The molecule has 12 heavy (non-hydrogen) atoms. The van der Waals surface area contributed by atoms with Crippen molar-refractivity contribution >= 4 is 11.8 Å². The Labute approximate surface area is 79.9 Å². The van der Waals surface area contributed by atoms with E-state index in [1.165, 1.54) is 25.0 Å². The summed E-state index contributed by atoms with van der Waals surface area (Å²) in [7, 11) is 0. The molecule has 1 aliphatic heterocycles. The number of hydrogen-bond acceptors (Lipinski definition) is 2. The van der Waals surface area contributed by atoms with Crippen LogP contribution < -0.4 is 0 Å². The maximum atomic E-state index is 10.3. The van der Waals surface area contributed by atoms with Gasteiger partial charge in [-0.05, 0) is 25.0 Å². The van der Waals surface area contributed by atoms with E-state index in [9.17, 15) is 5.11 Å². The van der Waals surface area contributed by atoms with Crippen LogP contribution in [0.5, 0.6) is 0 Å². The summed E-state index contributed by atoms with van der Waals surface area (Å²) in [6, 6.07) is 0.